The Balaban J connectivity index is 2.15. The summed E-state index contributed by atoms with van der Waals surface area (Å²) in [6.45, 7) is 0.267. The molecule has 0 spiro atoms. The van der Waals surface area contributed by atoms with Crippen LogP contribution in [-0.4, -0.2) is 42.4 Å². The van der Waals surface area contributed by atoms with Crippen LogP contribution in [0.25, 0.3) is 0 Å². The van der Waals surface area contributed by atoms with E-state index in [1.807, 2.05) is 30.3 Å². The average molecular weight is 326 g/mol. The predicted molar refractivity (Wildman–Crippen MR) is 79.0 cm³/mol. The lowest BCUT2D eigenvalue weighted by Gasteiger charge is -2.16. The summed E-state index contributed by atoms with van der Waals surface area (Å²) < 4.78 is 25.7. The molecule has 8 heteroatoms. The van der Waals surface area contributed by atoms with Crippen molar-refractivity contribution in [2.45, 2.75) is 10.6 Å². The number of aromatic carboxylic acids is 1. The molecule has 0 unspecified atom stereocenters. The maximum atomic E-state index is 12.4. The van der Waals surface area contributed by atoms with Crippen LogP contribution in [-0.2, 0) is 16.4 Å². The molecule has 0 amide bonds. The molecule has 0 radical (unpaired) electrons. The lowest BCUT2D eigenvalue weighted by atomic mass is 10.2. The molecule has 2 rings (SSSR count). The molecular formula is C13H14N2O4S2. The van der Waals surface area contributed by atoms with E-state index in [0.717, 1.165) is 21.2 Å². The number of carboxylic acids is 1. The third kappa shape index (κ3) is 3.46. The minimum atomic E-state index is -3.83. The van der Waals surface area contributed by atoms with Crippen molar-refractivity contribution in [2.24, 2.45) is 0 Å². The monoisotopic (exact) mass is 326 g/mol. The normalized spacial score (nSPS) is 11.7. The van der Waals surface area contributed by atoms with Crippen LogP contribution in [0.1, 0.15) is 16.1 Å². The number of benzene rings is 1. The molecule has 1 aromatic heterocycles. The molecule has 0 atom stereocenters. The van der Waals surface area contributed by atoms with Crippen molar-refractivity contribution in [3.63, 3.8) is 0 Å². The number of rotatable bonds is 6. The van der Waals surface area contributed by atoms with Gasteiger partial charge < -0.3 is 5.11 Å². The highest BCUT2D eigenvalue weighted by Gasteiger charge is 2.29. The Bertz CT molecular complexity index is 726. The molecule has 1 aromatic carbocycles. The second-order valence-corrected chi connectivity index (χ2v) is 7.45. The van der Waals surface area contributed by atoms with Gasteiger partial charge in [0.1, 0.15) is 0 Å². The molecule has 1 N–H and O–H groups in total. The Kier molecular flexibility index (Phi) is 4.71. The zero-order valence-corrected chi connectivity index (χ0v) is 12.9. The van der Waals surface area contributed by atoms with E-state index in [1.54, 1.807) is 0 Å². The smallest absolute Gasteiger partial charge is 0.356 e. The van der Waals surface area contributed by atoms with Crippen LogP contribution in [0.15, 0.2) is 40.1 Å². The minimum Gasteiger partial charge on any atom is -0.476 e. The summed E-state index contributed by atoms with van der Waals surface area (Å²) in [7, 11) is -2.40. The summed E-state index contributed by atoms with van der Waals surface area (Å²) in [6.07, 6.45) is 0.553. The number of aromatic nitrogens is 1. The van der Waals surface area contributed by atoms with Crippen LogP contribution >= 0.6 is 11.3 Å². The summed E-state index contributed by atoms with van der Waals surface area (Å²) in [5.41, 5.74) is 1.82. The van der Waals surface area contributed by atoms with Gasteiger partial charge in [-0.1, -0.05) is 30.3 Å². The van der Waals surface area contributed by atoms with Gasteiger partial charge in [0.05, 0.1) is 5.51 Å². The first-order valence-electron chi connectivity index (χ1n) is 6.10. The lowest BCUT2D eigenvalue weighted by molar-refractivity contribution is 0.0687. The number of likely N-dealkylation sites (N-methyl/N-ethyl adjacent to an activating group) is 1. The fourth-order valence-corrected chi connectivity index (χ4v) is 4.26. The number of thiazole rings is 1. The molecule has 2 aromatic rings. The van der Waals surface area contributed by atoms with Gasteiger partial charge in [0.15, 0.2) is 9.90 Å². The summed E-state index contributed by atoms with van der Waals surface area (Å²) in [4.78, 5) is 14.6. The third-order valence-corrected chi connectivity index (χ3v) is 6.14. The van der Waals surface area contributed by atoms with E-state index < -0.39 is 21.7 Å². The largest absolute Gasteiger partial charge is 0.476 e. The van der Waals surface area contributed by atoms with Gasteiger partial charge in [0.2, 0.25) is 0 Å². The van der Waals surface area contributed by atoms with Crippen LogP contribution in [0.5, 0.6) is 0 Å². The topological polar surface area (TPSA) is 87.6 Å². The number of carbonyl (C=O) groups is 1. The number of carboxylic acid groups (broad SMARTS) is 1. The van der Waals surface area contributed by atoms with E-state index >= 15 is 0 Å². The predicted octanol–water partition coefficient (Wildman–Crippen LogP) is 1.70. The van der Waals surface area contributed by atoms with Crippen molar-refractivity contribution in [1.82, 2.24) is 9.29 Å². The summed E-state index contributed by atoms with van der Waals surface area (Å²) in [5, 5.41) is 8.97. The van der Waals surface area contributed by atoms with Gasteiger partial charge in [-0.05, 0) is 12.0 Å². The molecule has 0 bridgehead atoms. The Hall–Kier alpha value is -1.77. The molecule has 0 saturated carbocycles. The van der Waals surface area contributed by atoms with Crippen LogP contribution in [0, 0.1) is 0 Å². The van der Waals surface area contributed by atoms with Gasteiger partial charge in [-0.25, -0.2) is 18.2 Å². The Morgan fingerprint density at radius 1 is 1.33 bits per heavy atom. The van der Waals surface area contributed by atoms with Gasteiger partial charge in [0, 0.05) is 13.6 Å². The third-order valence-electron chi connectivity index (χ3n) is 2.94. The average Bonchev–Trinajstić information content (AvgIpc) is 2.96. The van der Waals surface area contributed by atoms with Crippen molar-refractivity contribution in [2.75, 3.05) is 13.6 Å². The Labute approximate surface area is 126 Å². The Morgan fingerprint density at radius 3 is 2.62 bits per heavy atom. The SMILES string of the molecule is CN(CCc1ccccc1)S(=O)(=O)c1scnc1C(=O)O. The maximum absolute atomic E-state index is 12.4. The van der Waals surface area contributed by atoms with E-state index in [9.17, 15) is 13.2 Å². The quantitative estimate of drug-likeness (QED) is 0.873. The summed E-state index contributed by atoms with van der Waals surface area (Å²) in [5.74, 6) is -1.34. The zero-order chi connectivity index (χ0) is 15.5. The molecule has 0 saturated heterocycles. The highest BCUT2D eigenvalue weighted by atomic mass is 32.2. The van der Waals surface area contributed by atoms with Crippen molar-refractivity contribution in [1.29, 1.82) is 0 Å². The lowest BCUT2D eigenvalue weighted by Crippen LogP contribution is -2.29. The molecular weight excluding hydrogens is 312 g/mol. The standard InChI is InChI=1S/C13H14N2O4S2/c1-15(8-7-10-5-3-2-4-6-10)21(18,19)13-11(12(16)17)14-9-20-13/h2-6,9H,7-8H2,1H3,(H,16,17). The molecule has 6 nitrogen and oxygen atoms in total. The van der Waals surface area contributed by atoms with Crippen molar-refractivity contribution >= 4 is 27.3 Å². The first-order chi connectivity index (χ1) is 9.93. The van der Waals surface area contributed by atoms with Crippen molar-refractivity contribution in [3.8, 4) is 0 Å². The highest BCUT2D eigenvalue weighted by Crippen LogP contribution is 2.23. The maximum Gasteiger partial charge on any atom is 0.356 e. The molecule has 0 aliphatic rings. The fraction of sp³-hybridized carbons (Fsp3) is 0.231. The molecule has 0 fully saturated rings. The molecule has 1 heterocycles. The van der Waals surface area contributed by atoms with Crippen molar-refractivity contribution < 1.29 is 18.3 Å². The Morgan fingerprint density at radius 2 is 2.00 bits per heavy atom. The zero-order valence-electron chi connectivity index (χ0n) is 11.3. The van der Waals surface area contributed by atoms with Crippen LogP contribution < -0.4 is 0 Å². The van der Waals surface area contributed by atoms with E-state index in [-0.39, 0.29) is 10.8 Å². The summed E-state index contributed by atoms with van der Waals surface area (Å²) in [6, 6.07) is 9.48. The van der Waals surface area contributed by atoms with E-state index in [0.29, 0.717) is 6.42 Å². The number of sulfonamides is 1. The van der Waals surface area contributed by atoms with E-state index in [2.05, 4.69) is 4.98 Å². The number of nitrogens with zero attached hydrogens (tertiary/aromatic N) is 2. The first kappa shape index (κ1) is 15.6. The molecule has 0 aliphatic carbocycles. The van der Waals surface area contributed by atoms with Gasteiger partial charge in [-0.3, -0.25) is 0 Å². The fourth-order valence-electron chi connectivity index (χ4n) is 1.75. The second kappa shape index (κ2) is 6.33. The van der Waals surface area contributed by atoms with E-state index in [1.165, 1.54) is 12.6 Å². The van der Waals surface area contributed by atoms with Crippen LogP contribution in [0.4, 0.5) is 0 Å². The summed E-state index contributed by atoms with van der Waals surface area (Å²) >= 11 is 0.813. The van der Waals surface area contributed by atoms with Crippen LogP contribution in [0.2, 0.25) is 0 Å². The van der Waals surface area contributed by atoms with Gasteiger partial charge >= 0.3 is 5.97 Å². The minimum absolute atomic E-state index is 0.231. The molecule has 0 aliphatic heterocycles. The number of hydrogen-bond donors (Lipinski definition) is 1. The van der Waals surface area contributed by atoms with E-state index in [4.69, 9.17) is 5.11 Å². The highest BCUT2D eigenvalue weighted by molar-refractivity contribution is 7.91. The number of hydrogen-bond acceptors (Lipinski definition) is 5. The van der Waals surface area contributed by atoms with Crippen molar-refractivity contribution in [3.05, 3.63) is 47.1 Å². The van der Waals surface area contributed by atoms with Gasteiger partial charge in [-0.15, -0.1) is 11.3 Å². The molecule has 21 heavy (non-hydrogen) atoms. The van der Waals surface area contributed by atoms with Gasteiger partial charge in [0.25, 0.3) is 10.0 Å². The van der Waals surface area contributed by atoms with Gasteiger partial charge in [-0.2, -0.15) is 4.31 Å². The van der Waals surface area contributed by atoms with Crippen LogP contribution in [0.3, 0.4) is 0 Å². The first-order valence-corrected chi connectivity index (χ1v) is 8.42. The second-order valence-electron chi connectivity index (χ2n) is 4.36. The molecule has 112 valence electrons.